The second-order valence-electron chi connectivity index (χ2n) is 20.0. The van der Waals surface area contributed by atoms with Crippen LogP contribution in [0, 0.1) is 23.7 Å². The van der Waals surface area contributed by atoms with Crippen LogP contribution in [0.3, 0.4) is 0 Å². The number of cyclic esters (lactones) is 1. The van der Waals surface area contributed by atoms with Crippen LogP contribution in [-0.2, 0) is 52.3 Å². The van der Waals surface area contributed by atoms with Gasteiger partial charge in [0.1, 0.15) is 23.9 Å². The van der Waals surface area contributed by atoms with Crippen LogP contribution < -0.4 is 0 Å². The number of aliphatic hydroxyl groups excluding tert-OH is 1. The van der Waals surface area contributed by atoms with Gasteiger partial charge in [-0.2, -0.15) is 0 Å². The van der Waals surface area contributed by atoms with Crippen LogP contribution in [0.4, 0.5) is 0 Å². The summed E-state index contributed by atoms with van der Waals surface area (Å²) in [6.07, 6.45) is 4.94. The van der Waals surface area contributed by atoms with Gasteiger partial charge >= 0.3 is 5.97 Å². The molecule has 0 spiro atoms. The zero-order chi connectivity index (χ0) is 47.2. The molecule has 4 aliphatic rings. The molecule has 0 bridgehead atoms. The Hall–Kier alpha value is -2.28. The van der Waals surface area contributed by atoms with Crippen LogP contribution in [0.15, 0.2) is 41.6 Å². The highest BCUT2D eigenvalue weighted by atomic mass is 16.7. The van der Waals surface area contributed by atoms with Gasteiger partial charge in [-0.1, -0.05) is 57.2 Å². The summed E-state index contributed by atoms with van der Waals surface area (Å²) < 4.78 is 59.1. The van der Waals surface area contributed by atoms with Gasteiger partial charge in [0, 0.05) is 59.0 Å². The summed E-state index contributed by atoms with van der Waals surface area (Å²) in [7, 11) is 13.0. The number of quaternary nitrogens is 1. The molecule has 0 radical (unpaired) electrons. The molecule has 3 heterocycles. The van der Waals surface area contributed by atoms with E-state index in [1.807, 2.05) is 78.0 Å². The normalized spacial score (nSPS) is 44.5. The van der Waals surface area contributed by atoms with Crippen LogP contribution in [0.1, 0.15) is 94.9 Å². The highest BCUT2D eigenvalue weighted by Crippen LogP contribution is 2.43. The molecule has 0 aromatic carbocycles. The summed E-state index contributed by atoms with van der Waals surface area (Å²) in [6.45, 7) is 18.7. The maximum Gasteiger partial charge on any atom is 0.311 e. The minimum Gasteiger partial charge on any atom is -0.459 e. The van der Waals surface area contributed by atoms with E-state index in [0.29, 0.717) is 23.0 Å². The number of ether oxygens (including phenoxy) is 9. The first-order valence-electron chi connectivity index (χ1n) is 22.9. The Morgan fingerprint density at radius 3 is 1.95 bits per heavy atom. The van der Waals surface area contributed by atoms with E-state index < -0.39 is 108 Å². The summed E-state index contributed by atoms with van der Waals surface area (Å²) in [5.41, 5.74) is -3.35. The lowest BCUT2D eigenvalue weighted by Crippen LogP contribution is -2.64. The number of carbonyl (C=O) groups is 1. The molecule has 0 aromatic rings. The summed E-state index contributed by atoms with van der Waals surface area (Å²) in [4.78, 5) is 20.8. The zero-order valence-corrected chi connectivity index (χ0v) is 41.3. The maximum atomic E-state index is 14.7. The molecule has 3 aliphatic heterocycles. The molecule has 3 fully saturated rings. The van der Waals surface area contributed by atoms with Crippen molar-refractivity contribution in [3.8, 4) is 0 Å². The van der Waals surface area contributed by atoms with Crippen LogP contribution in [0.2, 0.25) is 0 Å². The Bertz CT molecular complexity index is 1580. The summed E-state index contributed by atoms with van der Waals surface area (Å²) >= 11 is 0. The standard InChI is InChI=1S/C48H83N2O13/c1-18-36-48(10,53)41(51)30(4)38(49-63-34-23-21-19-20-22-24-34)28(2)26-46(8,56-16)42(62-45-40(54-14)35(50(11,12)13)25-29(3)58-45)31(5)39(32(6)44(52)60-36)61-37-27-47(9,57-17)43(55-15)33(7)59-37/h19-24,28-37,39-43,45,51,53H,18,25-27H2,1-17H3/q+1/b49-38-/t28-,29+,30-,31-,32+,33-,35-,36+,37-,39-,40+,41+,42+,43-,45-,46?,47+,48+/m0/s1. The lowest BCUT2D eigenvalue weighted by Gasteiger charge is -2.51. The van der Waals surface area contributed by atoms with Gasteiger partial charge in [-0.25, -0.2) is 0 Å². The smallest absolute Gasteiger partial charge is 0.311 e. The SMILES string of the molecule is CC[C@H]1OC(=O)[C@H](C)[C@@H](O[C@H]2C[C@@](C)(OC)[C@@H](OC)[C@H](C)O2)[C@H](C)[C@@H](O[C@@H]2O[C@H](C)C[C@H]([N+](C)(C)C)[C@H]2OC)C(C)(OC)C[C@H](C)/C(=N/OC2C=CC=CC=C2)[C@H](C)[C@@H](O)[C@]1(C)O. The van der Waals surface area contributed by atoms with Crippen LogP contribution in [-0.4, -0.2) is 166 Å². The minimum absolute atomic E-state index is 0.0168. The molecule has 0 amide bonds. The first kappa shape index (κ1) is 53.3. The predicted octanol–water partition coefficient (Wildman–Crippen LogP) is 5.75. The minimum atomic E-state index is -1.90. The lowest BCUT2D eigenvalue weighted by atomic mass is 9.73. The Kier molecular flexibility index (Phi) is 18.6. The second kappa shape index (κ2) is 22.0. The molecule has 15 heteroatoms. The molecule has 3 saturated heterocycles. The average Bonchev–Trinajstić information content (AvgIpc) is 3.50. The molecule has 1 aliphatic carbocycles. The van der Waals surface area contributed by atoms with Crippen molar-refractivity contribution in [1.82, 2.24) is 0 Å². The number of aliphatic hydroxyl groups is 2. The third-order valence-corrected chi connectivity index (χ3v) is 14.3. The molecule has 4 rings (SSSR count). The number of carbonyl (C=O) groups excluding carboxylic acids is 1. The average molecular weight is 896 g/mol. The van der Waals surface area contributed by atoms with Gasteiger partial charge in [-0.05, 0) is 66.5 Å². The number of nitrogens with zero attached hydrogens (tertiary/aromatic N) is 2. The number of hydrogen-bond donors (Lipinski definition) is 2. The number of likely N-dealkylation sites (N-methyl/N-ethyl adjacent to an activating group) is 1. The van der Waals surface area contributed by atoms with E-state index in [1.54, 1.807) is 49.2 Å². The van der Waals surface area contributed by atoms with E-state index in [1.165, 1.54) is 6.92 Å². The largest absolute Gasteiger partial charge is 0.459 e. The van der Waals surface area contributed by atoms with E-state index >= 15 is 0 Å². The molecule has 63 heavy (non-hydrogen) atoms. The van der Waals surface area contributed by atoms with Gasteiger partial charge in [0.2, 0.25) is 0 Å². The van der Waals surface area contributed by atoms with Gasteiger partial charge in [0.15, 0.2) is 24.8 Å². The molecule has 2 N–H and O–H groups in total. The molecule has 362 valence electrons. The number of rotatable bonds is 12. The van der Waals surface area contributed by atoms with Crippen LogP contribution in [0.5, 0.6) is 0 Å². The fourth-order valence-electron chi connectivity index (χ4n) is 10.4. The number of oxime groups is 1. The zero-order valence-electron chi connectivity index (χ0n) is 41.3. The summed E-state index contributed by atoms with van der Waals surface area (Å²) in [5, 5.41) is 29.1. The Morgan fingerprint density at radius 1 is 0.810 bits per heavy atom. The Balaban J connectivity index is 1.94. The van der Waals surface area contributed by atoms with E-state index in [9.17, 15) is 15.0 Å². The molecular formula is C48H83N2O13+. The highest BCUT2D eigenvalue weighted by Gasteiger charge is 2.55. The molecule has 1 unspecified atom stereocenters. The van der Waals surface area contributed by atoms with E-state index in [4.69, 9.17) is 52.6 Å². The number of hydrogen-bond acceptors (Lipinski definition) is 14. The Labute approximate surface area is 378 Å². The van der Waals surface area contributed by atoms with Gasteiger partial charge in [0.05, 0.1) is 74.5 Å². The van der Waals surface area contributed by atoms with Crippen molar-refractivity contribution >= 4 is 11.7 Å². The van der Waals surface area contributed by atoms with Crippen molar-refractivity contribution in [2.24, 2.45) is 28.8 Å². The quantitative estimate of drug-likeness (QED) is 0.139. The van der Waals surface area contributed by atoms with Crippen molar-refractivity contribution in [2.45, 2.75) is 185 Å². The van der Waals surface area contributed by atoms with E-state index in [2.05, 4.69) is 21.1 Å². The molecule has 0 aromatic heterocycles. The van der Waals surface area contributed by atoms with Crippen molar-refractivity contribution in [2.75, 3.05) is 49.6 Å². The molecule has 18 atom stereocenters. The first-order valence-corrected chi connectivity index (χ1v) is 22.9. The first-order chi connectivity index (χ1) is 29.4. The fraction of sp³-hybridized carbons (Fsp3) is 0.833. The number of methoxy groups -OCH3 is 4. The highest BCUT2D eigenvalue weighted by molar-refractivity contribution is 5.89. The summed E-state index contributed by atoms with van der Waals surface area (Å²) in [5.74, 6) is -3.38. The lowest BCUT2D eigenvalue weighted by molar-refractivity contribution is -0.903. The third-order valence-electron chi connectivity index (χ3n) is 14.3. The van der Waals surface area contributed by atoms with E-state index in [-0.39, 0.29) is 18.6 Å². The third kappa shape index (κ3) is 12.2. The van der Waals surface area contributed by atoms with Gasteiger partial charge < -0.3 is 62.2 Å². The van der Waals surface area contributed by atoms with Crippen molar-refractivity contribution in [1.29, 1.82) is 0 Å². The molecule has 15 nitrogen and oxygen atoms in total. The Morgan fingerprint density at radius 2 is 1.41 bits per heavy atom. The van der Waals surface area contributed by atoms with Crippen molar-refractivity contribution in [3.63, 3.8) is 0 Å². The summed E-state index contributed by atoms with van der Waals surface area (Å²) in [6, 6.07) is 0.0168. The van der Waals surface area contributed by atoms with Crippen LogP contribution >= 0.6 is 0 Å². The maximum absolute atomic E-state index is 14.7. The van der Waals surface area contributed by atoms with Gasteiger partial charge in [0.25, 0.3) is 0 Å². The number of esters is 1. The fourth-order valence-corrected chi connectivity index (χ4v) is 10.4. The monoisotopic (exact) mass is 896 g/mol. The van der Waals surface area contributed by atoms with Gasteiger partial charge in [-0.15, -0.1) is 0 Å². The predicted molar refractivity (Wildman–Crippen MR) is 240 cm³/mol. The topological polar surface area (TPSA) is 162 Å². The van der Waals surface area contributed by atoms with Crippen molar-refractivity contribution < 1.29 is 67.0 Å². The number of allylic oxidation sites excluding steroid dienone is 4. The van der Waals surface area contributed by atoms with Crippen LogP contribution in [0.25, 0.3) is 0 Å². The molecule has 0 saturated carbocycles. The second-order valence-corrected chi connectivity index (χ2v) is 20.0. The van der Waals surface area contributed by atoms with E-state index in [0.717, 1.165) is 6.42 Å². The van der Waals surface area contributed by atoms with Crippen molar-refractivity contribution in [3.05, 3.63) is 36.5 Å². The van der Waals surface area contributed by atoms with Gasteiger partial charge in [-0.3, -0.25) is 4.79 Å². The molecular weight excluding hydrogens is 813 g/mol.